The minimum atomic E-state index is -0.240. The highest BCUT2D eigenvalue weighted by molar-refractivity contribution is 6.04. The summed E-state index contributed by atoms with van der Waals surface area (Å²) in [6.07, 6.45) is 3.05. The Morgan fingerprint density at radius 2 is 1.76 bits per heavy atom. The number of rotatable bonds is 4. The zero-order valence-electron chi connectivity index (χ0n) is 12.4. The van der Waals surface area contributed by atoms with Crippen LogP contribution in [0.4, 0.5) is 10.1 Å². The van der Waals surface area contributed by atoms with E-state index in [-0.39, 0.29) is 11.6 Å². The first kappa shape index (κ1) is 15.0. The van der Waals surface area contributed by atoms with Gasteiger partial charge >= 0.3 is 0 Å². The monoisotopic (exact) mass is 283 g/mol. The second-order valence-corrected chi connectivity index (χ2v) is 5.10. The Balaban J connectivity index is 2.04. The largest absolute Gasteiger partial charge is 0.362 e. The maximum absolute atomic E-state index is 13.1. The minimum absolute atomic E-state index is 0.0653. The number of ketones is 1. The normalized spacial score (nSPS) is 10.9. The Hall–Kier alpha value is -2.42. The van der Waals surface area contributed by atoms with E-state index in [0.29, 0.717) is 11.1 Å². The predicted molar refractivity (Wildman–Crippen MR) is 84.1 cm³/mol. The van der Waals surface area contributed by atoms with E-state index in [9.17, 15) is 9.18 Å². The third-order valence-electron chi connectivity index (χ3n) is 3.43. The number of hydrogen-bond donors (Lipinski definition) is 1. The Morgan fingerprint density at radius 1 is 1.00 bits per heavy atom. The fourth-order valence-corrected chi connectivity index (χ4v) is 1.94. The van der Waals surface area contributed by atoms with Crippen LogP contribution in [0.25, 0.3) is 0 Å². The predicted octanol–water partition coefficient (Wildman–Crippen LogP) is 4.56. The summed E-state index contributed by atoms with van der Waals surface area (Å²) in [7, 11) is 0. The Kier molecular flexibility index (Phi) is 4.53. The highest BCUT2D eigenvalue weighted by atomic mass is 19.1. The van der Waals surface area contributed by atoms with Crippen molar-refractivity contribution in [1.82, 2.24) is 0 Å². The second-order valence-electron chi connectivity index (χ2n) is 5.10. The molecule has 2 aromatic carbocycles. The van der Waals surface area contributed by atoms with E-state index in [2.05, 4.69) is 5.32 Å². The summed E-state index contributed by atoms with van der Waals surface area (Å²) in [5, 5.41) is 2.97. The fourth-order valence-electron chi connectivity index (χ4n) is 1.94. The van der Waals surface area contributed by atoms with Crippen molar-refractivity contribution in [2.45, 2.75) is 20.8 Å². The first-order valence-corrected chi connectivity index (χ1v) is 6.78. The summed E-state index contributed by atoms with van der Waals surface area (Å²) in [5.74, 6) is -0.305. The zero-order chi connectivity index (χ0) is 15.4. The maximum atomic E-state index is 13.1. The number of benzene rings is 2. The van der Waals surface area contributed by atoms with E-state index < -0.39 is 0 Å². The van der Waals surface area contributed by atoms with Crippen LogP contribution in [-0.4, -0.2) is 5.78 Å². The molecule has 1 N–H and O–H groups in total. The summed E-state index contributed by atoms with van der Waals surface area (Å²) < 4.78 is 13.1. The molecule has 0 amide bonds. The molecule has 21 heavy (non-hydrogen) atoms. The van der Waals surface area contributed by atoms with Gasteiger partial charge in [0.05, 0.1) is 0 Å². The van der Waals surface area contributed by atoms with Gasteiger partial charge in [-0.05, 0) is 61.7 Å². The second kappa shape index (κ2) is 6.35. The van der Waals surface area contributed by atoms with E-state index in [0.717, 1.165) is 16.8 Å². The van der Waals surface area contributed by atoms with Crippen LogP contribution in [0, 0.1) is 26.6 Å². The zero-order valence-corrected chi connectivity index (χ0v) is 12.4. The van der Waals surface area contributed by atoms with E-state index >= 15 is 0 Å². The van der Waals surface area contributed by atoms with Gasteiger partial charge in [0.25, 0.3) is 0 Å². The van der Waals surface area contributed by atoms with Crippen LogP contribution >= 0.6 is 0 Å². The van der Waals surface area contributed by atoms with Crippen molar-refractivity contribution in [2.75, 3.05) is 5.32 Å². The Bertz CT molecular complexity index is 704. The SMILES string of the molecule is Cc1ccc(C(=O)C=CNc2ccc(F)c(C)c2)cc1C. The Labute approximate surface area is 124 Å². The van der Waals surface area contributed by atoms with Crippen LogP contribution in [0.1, 0.15) is 27.0 Å². The molecule has 0 spiro atoms. The van der Waals surface area contributed by atoms with Crippen LogP contribution in [0.2, 0.25) is 0 Å². The van der Waals surface area contributed by atoms with Crippen molar-refractivity contribution in [3.63, 3.8) is 0 Å². The van der Waals surface area contributed by atoms with Crippen LogP contribution < -0.4 is 5.32 Å². The number of hydrogen-bond acceptors (Lipinski definition) is 2. The number of halogens is 1. The number of nitrogens with one attached hydrogen (secondary N) is 1. The number of carbonyl (C=O) groups is 1. The number of anilines is 1. The van der Waals surface area contributed by atoms with Crippen LogP contribution in [0.3, 0.4) is 0 Å². The van der Waals surface area contributed by atoms with Crippen LogP contribution in [-0.2, 0) is 0 Å². The first-order chi connectivity index (χ1) is 9.97. The fraction of sp³-hybridized carbons (Fsp3) is 0.167. The highest BCUT2D eigenvalue weighted by Gasteiger charge is 2.03. The molecule has 0 unspecified atom stereocenters. The smallest absolute Gasteiger partial charge is 0.187 e. The lowest BCUT2D eigenvalue weighted by Crippen LogP contribution is -1.98. The number of carbonyl (C=O) groups excluding carboxylic acids is 1. The van der Waals surface area contributed by atoms with Crippen LogP contribution in [0.15, 0.2) is 48.7 Å². The molecule has 0 aliphatic rings. The third kappa shape index (κ3) is 3.78. The lowest BCUT2D eigenvalue weighted by atomic mass is 10.0. The molecule has 0 atom stereocenters. The summed E-state index contributed by atoms with van der Waals surface area (Å²) in [6.45, 7) is 5.69. The molecule has 0 bridgehead atoms. The van der Waals surface area contributed by atoms with Gasteiger partial charge in [-0.2, -0.15) is 0 Å². The molecule has 0 aromatic heterocycles. The van der Waals surface area contributed by atoms with Crippen molar-refractivity contribution in [3.05, 3.63) is 76.7 Å². The summed E-state index contributed by atoms with van der Waals surface area (Å²) in [4.78, 5) is 12.0. The van der Waals surface area contributed by atoms with Crippen LogP contribution in [0.5, 0.6) is 0 Å². The van der Waals surface area contributed by atoms with E-state index in [1.807, 2.05) is 32.0 Å². The summed E-state index contributed by atoms with van der Waals surface area (Å²) >= 11 is 0. The van der Waals surface area contributed by atoms with Gasteiger partial charge < -0.3 is 5.32 Å². The number of aryl methyl sites for hydroxylation is 3. The average molecular weight is 283 g/mol. The molecule has 0 fully saturated rings. The minimum Gasteiger partial charge on any atom is -0.362 e. The van der Waals surface area contributed by atoms with E-state index in [1.165, 1.54) is 12.1 Å². The molecular formula is C18H18FNO. The van der Waals surface area contributed by atoms with Crippen molar-refractivity contribution in [2.24, 2.45) is 0 Å². The van der Waals surface area contributed by atoms with Gasteiger partial charge in [0.1, 0.15) is 5.82 Å². The van der Waals surface area contributed by atoms with Crippen molar-refractivity contribution < 1.29 is 9.18 Å². The van der Waals surface area contributed by atoms with Crippen molar-refractivity contribution >= 4 is 11.5 Å². The van der Waals surface area contributed by atoms with E-state index in [1.54, 1.807) is 25.3 Å². The van der Waals surface area contributed by atoms with Gasteiger partial charge in [0, 0.05) is 23.5 Å². The summed E-state index contributed by atoms with van der Waals surface area (Å²) in [5.41, 5.74) is 4.23. The van der Waals surface area contributed by atoms with Crippen molar-refractivity contribution in [1.29, 1.82) is 0 Å². The topological polar surface area (TPSA) is 29.1 Å². The molecule has 3 heteroatoms. The molecule has 0 radical (unpaired) electrons. The highest BCUT2D eigenvalue weighted by Crippen LogP contribution is 2.14. The van der Waals surface area contributed by atoms with Gasteiger partial charge in [-0.15, -0.1) is 0 Å². The molecule has 2 nitrogen and oxygen atoms in total. The molecule has 0 saturated carbocycles. The molecule has 0 aliphatic carbocycles. The number of allylic oxidation sites excluding steroid dienone is 1. The lowest BCUT2D eigenvalue weighted by Gasteiger charge is -2.04. The van der Waals surface area contributed by atoms with Gasteiger partial charge in [-0.1, -0.05) is 12.1 Å². The Morgan fingerprint density at radius 3 is 2.43 bits per heavy atom. The lowest BCUT2D eigenvalue weighted by molar-refractivity contribution is 0.104. The molecule has 0 aliphatic heterocycles. The molecular weight excluding hydrogens is 265 g/mol. The van der Waals surface area contributed by atoms with Gasteiger partial charge in [0.15, 0.2) is 5.78 Å². The average Bonchev–Trinajstić information content (AvgIpc) is 2.45. The molecule has 108 valence electrons. The third-order valence-corrected chi connectivity index (χ3v) is 3.43. The molecule has 0 heterocycles. The van der Waals surface area contributed by atoms with Gasteiger partial charge in [-0.3, -0.25) is 4.79 Å². The van der Waals surface area contributed by atoms with Gasteiger partial charge in [0.2, 0.25) is 0 Å². The van der Waals surface area contributed by atoms with Crippen molar-refractivity contribution in [3.8, 4) is 0 Å². The summed E-state index contributed by atoms with van der Waals surface area (Å²) in [6, 6.07) is 10.4. The quantitative estimate of drug-likeness (QED) is 0.658. The molecule has 2 rings (SSSR count). The molecule has 0 saturated heterocycles. The first-order valence-electron chi connectivity index (χ1n) is 6.78. The van der Waals surface area contributed by atoms with E-state index in [4.69, 9.17) is 0 Å². The maximum Gasteiger partial charge on any atom is 0.187 e. The molecule has 2 aromatic rings. The van der Waals surface area contributed by atoms with Gasteiger partial charge in [-0.25, -0.2) is 4.39 Å². The standard InChI is InChI=1S/C18H18FNO/c1-12-4-5-15(10-13(12)2)18(21)8-9-20-16-6-7-17(19)14(3)11-16/h4-11,20H,1-3H3.